The molecule has 16 rings (SSSR count). The molecule has 0 unspecified atom stereocenters. The quantitative estimate of drug-likeness (QED) is 0.127. The summed E-state index contributed by atoms with van der Waals surface area (Å²) in [5, 5.41) is 11.2. The summed E-state index contributed by atoms with van der Waals surface area (Å²) < 4.78 is 14.0. The molecule has 4 aromatic heterocycles. The minimum Gasteiger partial charge on any atom is -0.455 e. The fourth-order valence-electron chi connectivity index (χ4n) is 12.2. The molecule has 16 aromatic rings. The molecule has 0 amide bonds. The van der Waals surface area contributed by atoms with E-state index in [-0.39, 0.29) is 0 Å². The number of nitrogens with zero attached hydrogens (tertiary/aromatic N) is 4. The summed E-state index contributed by atoms with van der Waals surface area (Å²) in [6.45, 7) is 0. The minimum atomic E-state index is 0.802. The van der Waals surface area contributed by atoms with Crippen molar-refractivity contribution in [1.29, 1.82) is 0 Å². The van der Waals surface area contributed by atoms with Gasteiger partial charge in [0.1, 0.15) is 22.7 Å². The standard InChI is InChI=1S/C74H46N4O2/c1-5-15-49(16-6-1)71-61-37-33-57(45-67(61)79-73(71)53-19-9-3-10-20-53)77(55-31-25-47-23-13-41-75-63(47)43-55)65-39-29-51-28-36-60-66(40-30-52-27-35-59(65)69(51)70(52)60)78(56-32-26-48-24-14-42-76-64(48)44-56)58-34-38-62-68(46-58)80-74(54-21-11-4-12-22-54)72(62)50-17-7-2-8-18-50/h1-46H. The Labute approximate surface area is 460 Å². The third kappa shape index (κ3) is 7.42. The zero-order chi connectivity index (χ0) is 52.7. The molecule has 6 heteroatoms. The fourth-order valence-corrected chi connectivity index (χ4v) is 12.2. The van der Waals surface area contributed by atoms with Crippen LogP contribution >= 0.6 is 0 Å². The van der Waals surface area contributed by atoms with Crippen molar-refractivity contribution in [2.24, 2.45) is 0 Å². The highest BCUT2D eigenvalue weighted by Crippen LogP contribution is 2.51. The maximum atomic E-state index is 7.00. The summed E-state index contributed by atoms with van der Waals surface area (Å²) in [4.78, 5) is 14.4. The summed E-state index contributed by atoms with van der Waals surface area (Å²) in [5.74, 6) is 1.69. The van der Waals surface area contributed by atoms with Crippen molar-refractivity contribution in [2.45, 2.75) is 0 Å². The summed E-state index contributed by atoms with van der Waals surface area (Å²) in [6.07, 6.45) is 3.73. The second kappa shape index (κ2) is 18.4. The summed E-state index contributed by atoms with van der Waals surface area (Å²) in [7, 11) is 0. The molecule has 0 saturated heterocycles. The number of benzene rings is 12. The zero-order valence-electron chi connectivity index (χ0n) is 43.2. The van der Waals surface area contributed by atoms with E-state index in [0.717, 1.165) is 144 Å². The second-order valence-electron chi connectivity index (χ2n) is 20.5. The Morgan fingerprint density at radius 2 is 0.625 bits per heavy atom. The van der Waals surface area contributed by atoms with Crippen LogP contribution in [0.25, 0.3) is 121 Å². The number of fused-ring (bicyclic) bond motifs is 4. The van der Waals surface area contributed by atoms with E-state index < -0.39 is 0 Å². The maximum absolute atomic E-state index is 7.00. The molecule has 0 aliphatic rings. The minimum absolute atomic E-state index is 0.802. The first kappa shape index (κ1) is 45.4. The first-order valence-electron chi connectivity index (χ1n) is 27.0. The van der Waals surface area contributed by atoms with Crippen LogP contribution in [0.3, 0.4) is 0 Å². The number of hydrogen-bond acceptors (Lipinski definition) is 6. The van der Waals surface area contributed by atoms with Gasteiger partial charge in [-0.25, -0.2) is 0 Å². The van der Waals surface area contributed by atoms with Crippen LogP contribution in [0.5, 0.6) is 0 Å². The molecule has 0 aliphatic carbocycles. The molecule has 4 heterocycles. The first-order chi connectivity index (χ1) is 39.7. The number of rotatable bonds is 10. The molecule has 0 fully saturated rings. The summed E-state index contributed by atoms with van der Waals surface area (Å²) in [6, 6.07) is 94.8. The van der Waals surface area contributed by atoms with E-state index in [9.17, 15) is 0 Å². The van der Waals surface area contributed by atoms with Crippen molar-refractivity contribution in [2.75, 3.05) is 9.80 Å². The smallest absolute Gasteiger partial charge is 0.143 e. The van der Waals surface area contributed by atoms with E-state index in [0.29, 0.717) is 0 Å². The van der Waals surface area contributed by atoms with Crippen molar-refractivity contribution in [3.05, 3.63) is 279 Å². The van der Waals surface area contributed by atoms with Gasteiger partial charge in [0.2, 0.25) is 0 Å². The molecule has 0 N–H and O–H groups in total. The Bertz CT molecular complexity index is 4700. The predicted molar refractivity (Wildman–Crippen MR) is 331 cm³/mol. The van der Waals surface area contributed by atoms with E-state index in [1.807, 2.05) is 36.7 Å². The molecule has 6 nitrogen and oxygen atoms in total. The van der Waals surface area contributed by atoms with Gasteiger partial charge in [0.25, 0.3) is 0 Å². The Balaban J connectivity index is 0.912. The number of hydrogen-bond donors (Lipinski definition) is 0. The van der Waals surface area contributed by atoms with E-state index >= 15 is 0 Å². The lowest BCUT2D eigenvalue weighted by atomic mass is 9.91. The highest BCUT2D eigenvalue weighted by Gasteiger charge is 2.26. The molecule has 0 atom stereocenters. The average Bonchev–Trinajstić information content (AvgIpc) is 4.18. The lowest BCUT2D eigenvalue weighted by Gasteiger charge is -2.29. The van der Waals surface area contributed by atoms with Crippen molar-refractivity contribution in [3.63, 3.8) is 0 Å². The second-order valence-corrected chi connectivity index (χ2v) is 20.5. The Morgan fingerprint density at radius 3 is 1.05 bits per heavy atom. The van der Waals surface area contributed by atoms with Crippen LogP contribution in [0, 0.1) is 0 Å². The van der Waals surface area contributed by atoms with Crippen molar-refractivity contribution in [1.82, 2.24) is 9.97 Å². The zero-order valence-corrected chi connectivity index (χ0v) is 43.2. The Kier molecular flexibility index (Phi) is 10.5. The van der Waals surface area contributed by atoms with Gasteiger partial charge in [-0.1, -0.05) is 182 Å². The number of anilines is 6. The van der Waals surface area contributed by atoms with E-state index in [1.165, 1.54) is 10.8 Å². The van der Waals surface area contributed by atoms with Gasteiger partial charge in [-0.2, -0.15) is 0 Å². The normalized spacial score (nSPS) is 11.8. The third-order valence-electron chi connectivity index (χ3n) is 15.9. The van der Waals surface area contributed by atoms with Gasteiger partial charge in [-0.05, 0) is 105 Å². The molecule has 12 aromatic carbocycles. The van der Waals surface area contributed by atoms with Gasteiger partial charge in [0.15, 0.2) is 0 Å². The Hall–Kier alpha value is -10.8. The van der Waals surface area contributed by atoms with Crippen molar-refractivity contribution < 1.29 is 8.83 Å². The van der Waals surface area contributed by atoms with E-state index in [2.05, 4.69) is 252 Å². The third-order valence-corrected chi connectivity index (χ3v) is 15.9. The molecular formula is C74H46N4O2. The van der Waals surface area contributed by atoms with Gasteiger partial charge in [0.05, 0.1) is 22.4 Å². The van der Waals surface area contributed by atoms with E-state index in [4.69, 9.17) is 18.8 Å². The SMILES string of the molecule is c1ccc(-c2oc3cc(N(c4ccc5cccnc5c4)c4ccc5ccc6c(N(c7ccc8cccnc8c7)c7ccc8c(-c9ccccc9)c(-c9ccccc9)oc8c7)ccc7ccc4c5c76)ccc3c2-c2ccccc2)cc1. The molecule has 80 heavy (non-hydrogen) atoms. The first-order valence-corrected chi connectivity index (χ1v) is 27.0. The number of furan rings is 2. The van der Waals surface area contributed by atoms with Crippen LogP contribution in [0.1, 0.15) is 0 Å². The van der Waals surface area contributed by atoms with Crippen LogP contribution in [0.2, 0.25) is 0 Å². The Morgan fingerprint density at radius 1 is 0.275 bits per heavy atom. The monoisotopic (exact) mass is 1020 g/mol. The molecule has 0 radical (unpaired) electrons. The average molecular weight is 1020 g/mol. The van der Waals surface area contributed by atoms with Crippen LogP contribution in [0.15, 0.2) is 288 Å². The van der Waals surface area contributed by atoms with Gasteiger partial charge in [-0.3, -0.25) is 9.97 Å². The topological polar surface area (TPSA) is 58.5 Å². The predicted octanol–water partition coefficient (Wildman–Crippen LogP) is 20.8. The molecule has 0 spiro atoms. The lowest BCUT2D eigenvalue weighted by molar-refractivity contribution is 0.632. The molecule has 374 valence electrons. The van der Waals surface area contributed by atoms with Crippen molar-refractivity contribution >= 4 is 110 Å². The summed E-state index contributed by atoms with van der Waals surface area (Å²) >= 11 is 0. The van der Waals surface area contributed by atoms with Crippen LogP contribution < -0.4 is 9.80 Å². The summed E-state index contributed by atoms with van der Waals surface area (Å²) in [5.41, 5.74) is 15.8. The molecule has 0 aliphatic heterocycles. The van der Waals surface area contributed by atoms with E-state index in [1.54, 1.807) is 0 Å². The van der Waals surface area contributed by atoms with Gasteiger partial charge in [-0.15, -0.1) is 0 Å². The van der Waals surface area contributed by atoms with Gasteiger partial charge in [0, 0.05) is 102 Å². The van der Waals surface area contributed by atoms with Crippen LogP contribution in [0.4, 0.5) is 34.1 Å². The molecular weight excluding hydrogens is 977 g/mol. The van der Waals surface area contributed by atoms with Gasteiger partial charge < -0.3 is 18.6 Å². The van der Waals surface area contributed by atoms with Crippen molar-refractivity contribution in [3.8, 4) is 44.9 Å². The number of aromatic nitrogens is 2. The highest BCUT2D eigenvalue weighted by molar-refractivity contribution is 6.28. The lowest BCUT2D eigenvalue weighted by Crippen LogP contribution is -2.11. The van der Waals surface area contributed by atoms with Gasteiger partial charge >= 0.3 is 0 Å². The maximum Gasteiger partial charge on any atom is 0.143 e. The molecule has 0 bridgehead atoms. The van der Waals surface area contributed by atoms with Crippen LogP contribution in [-0.4, -0.2) is 9.97 Å². The highest BCUT2D eigenvalue weighted by atomic mass is 16.3. The number of pyridine rings is 2. The van der Waals surface area contributed by atoms with Crippen LogP contribution in [-0.2, 0) is 0 Å². The fraction of sp³-hybridized carbons (Fsp3) is 0. The largest absolute Gasteiger partial charge is 0.455 e. The molecule has 0 saturated carbocycles.